The summed E-state index contributed by atoms with van der Waals surface area (Å²) in [5, 5.41) is 0. The summed E-state index contributed by atoms with van der Waals surface area (Å²) in [6.07, 6.45) is 6.43. The second-order valence-electron chi connectivity index (χ2n) is 7.20. The van der Waals surface area contributed by atoms with Crippen molar-refractivity contribution >= 4 is 5.91 Å². The fourth-order valence-electron chi connectivity index (χ4n) is 3.99. The Bertz CT molecular complexity index is 628. The van der Waals surface area contributed by atoms with Crippen LogP contribution in [0, 0.1) is 12.8 Å². The highest BCUT2D eigenvalue weighted by molar-refractivity contribution is 5.78. The quantitative estimate of drug-likeness (QED) is 0.903. The molecule has 1 aromatic rings. The second kappa shape index (κ2) is 7.47. The van der Waals surface area contributed by atoms with E-state index in [4.69, 9.17) is 0 Å². The van der Waals surface area contributed by atoms with Crippen molar-refractivity contribution in [3.05, 3.63) is 27.9 Å². The van der Waals surface area contributed by atoms with Crippen LogP contribution in [-0.2, 0) is 11.2 Å². The fourth-order valence-corrected chi connectivity index (χ4v) is 3.99. The molecular weight excluding hydrogens is 304 g/mol. The molecule has 6 nitrogen and oxygen atoms in total. The van der Waals surface area contributed by atoms with E-state index in [9.17, 15) is 9.59 Å². The van der Waals surface area contributed by atoms with Gasteiger partial charge in [-0.3, -0.25) is 9.59 Å². The van der Waals surface area contributed by atoms with E-state index in [2.05, 4.69) is 21.8 Å². The van der Waals surface area contributed by atoms with Crippen LogP contribution in [0.1, 0.15) is 44.0 Å². The Morgan fingerprint density at radius 3 is 2.58 bits per heavy atom. The number of nitrogens with one attached hydrogen (secondary N) is 1. The van der Waals surface area contributed by atoms with Gasteiger partial charge in [-0.25, -0.2) is 4.98 Å². The summed E-state index contributed by atoms with van der Waals surface area (Å²) in [7, 11) is 0. The number of carbonyl (C=O) groups is 1. The van der Waals surface area contributed by atoms with Gasteiger partial charge < -0.3 is 14.8 Å². The molecule has 1 N–H and O–H groups in total. The smallest absolute Gasteiger partial charge is 0.254 e. The lowest BCUT2D eigenvalue weighted by Gasteiger charge is -2.38. The third kappa shape index (κ3) is 3.86. The highest BCUT2D eigenvalue weighted by Gasteiger charge is 2.30. The van der Waals surface area contributed by atoms with E-state index in [-0.39, 0.29) is 17.9 Å². The van der Waals surface area contributed by atoms with Gasteiger partial charge in [0.2, 0.25) is 5.91 Å². The maximum Gasteiger partial charge on any atom is 0.254 e. The van der Waals surface area contributed by atoms with E-state index < -0.39 is 0 Å². The summed E-state index contributed by atoms with van der Waals surface area (Å²) in [5.41, 5.74) is 0.256. The molecule has 6 heteroatoms. The minimum absolute atomic E-state index is 0.0402. The molecule has 0 aromatic carbocycles. The first-order chi connectivity index (χ1) is 11.5. The van der Waals surface area contributed by atoms with Crippen molar-refractivity contribution in [2.75, 3.05) is 26.2 Å². The van der Waals surface area contributed by atoms with Crippen LogP contribution < -0.4 is 5.56 Å². The summed E-state index contributed by atoms with van der Waals surface area (Å²) in [5.74, 6) is 1.29. The Kier molecular flexibility index (Phi) is 5.33. The summed E-state index contributed by atoms with van der Waals surface area (Å²) in [6, 6.07) is 0.619. The molecule has 1 amide bonds. The molecule has 3 heterocycles. The molecule has 1 aromatic heterocycles. The van der Waals surface area contributed by atoms with Gasteiger partial charge in [-0.05, 0) is 58.5 Å². The maximum atomic E-state index is 12.5. The van der Waals surface area contributed by atoms with Gasteiger partial charge in [-0.2, -0.15) is 0 Å². The van der Waals surface area contributed by atoms with Crippen LogP contribution in [-0.4, -0.2) is 57.9 Å². The van der Waals surface area contributed by atoms with Crippen LogP contribution in [0.25, 0.3) is 0 Å². The summed E-state index contributed by atoms with van der Waals surface area (Å²) >= 11 is 0. The molecular formula is C18H28N4O2. The van der Waals surface area contributed by atoms with Gasteiger partial charge in [-0.15, -0.1) is 0 Å². The van der Waals surface area contributed by atoms with Crippen molar-refractivity contribution in [3.8, 4) is 0 Å². The third-order valence-electron chi connectivity index (χ3n) is 5.63. The number of amides is 1. The topological polar surface area (TPSA) is 69.3 Å². The SMILES string of the molecule is Cc1ncc(CC(=O)N2CCC(C(C)N3CCCC3)CC2)c(=O)[nH]1. The number of aryl methyl sites for hydroxylation is 1. The van der Waals surface area contributed by atoms with Crippen molar-refractivity contribution in [3.63, 3.8) is 0 Å². The predicted molar refractivity (Wildman–Crippen MR) is 92.9 cm³/mol. The summed E-state index contributed by atoms with van der Waals surface area (Å²) in [6.45, 7) is 8.13. The minimum Gasteiger partial charge on any atom is -0.342 e. The molecule has 2 aliphatic heterocycles. The zero-order valence-corrected chi connectivity index (χ0v) is 14.8. The molecule has 24 heavy (non-hydrogen) atoms. The molecule has 132 valence electrons. The van der Waals surface area contributed by atoms with Crippen molar-refractivity contribution in [2.45, 2.75) is 52.0 Å². The number of carbonyl (C=O) groups excluding carboxylic acids is 1. The normalized spacial score (nSPS) is 21.2. The lowest BCUT2D eigenvalue weighted by molar-refractivity contribution is -0.132. The van der Waals surface area contributed by atoms with E-state index in [0.717, 1.165) is 25.9 Å². The molecule has 0 radical (unpaired) electrons. The average molecular weight is 332 g/mol. The Balaban J connectivity index is 1.52. The van der Waals surface area contributed by atoms with Gasteiger partial charge in [0, 0.05) is 30.9 Å². The number of aromatic amines is 1. The number of likely N-dealkylation sites (tertiary alicyclic amines) is 2. The molecule has 0 saturated carbocycles. The Morgan fingerprint density at radius 1 is 1.29 bits per heavy atom. The van der Waals surface area contributed by atoms with Gasteiger partial charge >= 0.3 is 0 Å². The van der Waals surface area contributed by atoms with Crippen molar-refractivity contribution in [2.24, 2.45) is 5.92 Å². The standard InChI is InChI=1S/C18H28N4O2/c1-13(21-7-3-4-8-21)15-5-9-22(10-6-15)17(23)11-16-12-19-14(2)20-18(16)24/h12-13,15H,3-11H2,1-2H3,(H,19,20,24). The lowest BCUT2D eigenvalue weighted by Crippen LogP contribution is -2.45. The summed E-state index contributed by atoms with van der Waals surface area (Å²) in [4.78, 5) is 35.6. The van der Waals surface area contributed by atoms with Gasteiger partial charge in [0.25, 0.3) is 5.56 Å². The van der Waals surface area contributed by atoms with Crippen LogP contribution in [0.5, 0.6) is 0 Å². The van der Waals surface area contributed by atoms with Crippen molar-refractivity contribution in [1.82, 2.24) is 19.8 Å². The number of aromatic nitrogens is 2. The van der Waals surface area contributed by atoms with Gasteiger partial charge in [0.1, 0.15) is 5.82 Å². The molecule has 0 spiro atoms. The van der Waals surface area contributed by atoms with E-state index in [1.807, 2.05) is 4.90 Å². The Labute approximate surface area is 143 Å². The van der Waals surface area contributed by atoms with Gasteiger partial charge in [0.05, 0.1) is 6.42 Å². The molecule has 2 fully saturated rings. The van der Waals surface area contributed by atoms with Crippen LogP contribution in [0.3, 0.4) is 0 Å². The zero-order chi connectivity index (χ0) is 17.1. The van der Waals surface area contributed by atoms with E-state index in [1.165, 1.54) is 32.1 Å². The first kappa shape index (κ1) is 17.1. The Hall–Kier alpha value is -1.69. The second-order valence-corrected chi connectivity index (χ2v) is 7.20. The molecule has 0 bridgehead atoms. The van der Waals surface area contributed by atoms with Crippen LogP contribution in [0.4, 0.5) is 0 Å². The van der Waals surface area contributed by atoms with Gasteiger partial charge in [-0.1, -0.05) is 0 Å². The molecule has 2 saturated heterocycles. The number of piperidine rings is 1. The van der Waals surface area contributed by atoms with Crippen LogP contribution in [0.15, 0.2) is 11.0 Å². The number of rotatable bonds is 4. The molecule has 1 atom stereocenters. The van der Waals surface area contributed by atoms with Crippen LogP contribution >= 0.6 is 0 Å². The van der Waals surface area contributed by atoms with E-state index >= 15 is 0 Å². The first-order valence-electron chi connectivity index (χ1n) is 9.11. The van der Waals surface area contributed by atoms with E-state index in [1.54, 1.807) is 6.92 Å². The largest absolute Gasteiger partial charge is 0.342 e. The van der Waals surface area contributed by atoms with Crippen molar-refractivity contribution < 1.29 is 4.79 Å². The minimum atomic E-state index is -0.201. The highest BCUT2D eigenvalue weighted by atomic mass is 16.2. The van der Waals surface area contributed by atoms with Crippen LogP contribution in [0.2, 0.25) is 0 Å². The zero-order valence-electron chi connectivity index (χ0n) is 14.8. The first-order valence-corrected chi connectivity index (χ1v) is 9.11. The highest BCUT2D eigenvalue weighted by Crippen LogP contribution is 2.26. The average Bonchev–Trinajstić information content (AvgIpc) is 3.11. The van der Waals surface area contributed by atoms with Crippen molar-refractivity contribution in [1.29, 1.82) is 0 Å². The molecule has 0 aliphatic carbocycles. The molecule has 1 unspecified atom stereocenters. The number of nitrogens with zero attached hydrogens (tertiary/aromatic N) is 3. The maximum absolute atomic E-state index is 12.5. The fraction of sp³-hybridized carbons (Fsp3) is 0.722. The monoisotopic (exact) mass is 332 g/mol. The number of hydrogen-bond acceptors (Lipinski definition) is 4. The third-order valence-corrected chi connectivity index (χ3v) is 5.63. The van der Waals surface area contributed by atoms with E-state index in [0.29, 0.717) is 23.3 Å². The number of hydrogen-bond donors (Lipinski definition) is 1. The molecule has 2 aliphatic rings. The summed E-state index contributed by atoms with van der Waals surface area (Å²) < 4.78 is 0. The molecule has 3 rings (SSSR count). The van der Waals surface area contributed by atoms with Gasteiger partial charge in [0.15, 0.2) is 0 Å². The predicted octanol–water partition coefficient (Wildman–Crippen LogP) is 1.34. The Morgan fingerprint density at radius 2 is 1.96 bits per heavy atom. The lowest BCUT2D eigenvalue weighted by atomic mass is 9.89. The number of H-pyrrole nitrogens is 1.